The molecule has 1 aromatic rings. The molecule has 0 bridgehead atoms. The fourth-order valence-corrected chi connectivity index (χ4v) is 1.52. The number of benzene rings is 1. The molecule has 0 atom stereocenters. The standard InChI is InChI=1S/C14H21NO3/c1-2-10-18-11-8-14(17)15-13-5-3-12(4-6-13)7-9-16/h3-6,16H,2,7-11H2,1H3,(H,15,17). The molecule has 0 heterocycles. The molecular formula is C14H21NO3. The highest BCUT2D eigenvalue weighted by Crippen LogP contribution is 2.10. The van der Waals surface area contributed by atoms with Crippen molar-refractivity contribution in [2.45, 2.75) is 26.2 Å². The molecule has 0 saturated heterocycles. The fraction of sp³-hybridized carbons (Fsp3) is 0.500. The molecule has 4 heteroatoms. The van der Waals surface area contributed by atoms with Gasteiger partial charge in [-0.2, -0.15) is 0 Å². The van der Waals surface area contributed by atoms with E-state index in [-0.39, 0.29) is 12.5 Å². The van der Waals surface area contributed by atoms with E-state index in [9.17, 15) is 4.79 Å². The van der Waals surface area contributed by atoms with E-state index in [1.807, 2.05) is 31.2 Å². The molecule has 0 aromatic heterocycles. The number of nitrogens with one attached hydrogen (secondary N) is 1. The van der Waals surface area contributed by atoms with Gasteiger partial charge < -0.3 is 15.2 Å². The van der Waals surface area contributed by atoms with E-state index in [1.165, 1.54) is 0 Å². The molecule has 0 aliphatic heterocycles. The second kappa shape index (κ2) is 8.66. The Bertz CT molecular complexity index is 349. The smallest absolute Gasteiger partial charge is 0.226 e. The Balaban J connectivity index is 2.30. The quantitative estimate of drug-likeness (QED) is 0.694. The van der Waals surface area contributed by atoms with Crippen molar-refractivity contribution < 1.29 is 14.6 Å². The summed E-state index contributed by atoms with van der Waals surface area (Å²) in [4.78, 5) is 11.6. The van der Waals surface area contributed by atoms with Crippen LogP contribution in [0.2, 0.25) is 0 Å². The Morgan fingerprint density at radius 2 is 2.00 bits per heavy atom. The van der Waals surface area contributed by atoms with E-state index < -0.39 is 0 Å². The normalized spacial score (nSPS) is 10.3. The molecule has 4 nitrogen and oxygen atoms in total. The molecule has 0 saturated carbocycles. The van der Waals surface area contributed by atoms with Gasteiger partial charge in [0, 0.05) is 18.9 Å². The summed E-state index contributed by atoms with van der Waals surface area (Å²) in [6, 6.07) is 7.49. The highest BCUT2D eigenvalue weighted by molar-refractivity contribution is 5.90. The Morgan fingerprint density at radius 1 is 1.28 bits per heavy atom. The zero-order valence-corrected chi connectivity index (χ0v) is 10.8. The number of aliphatic hydroxyl groups is 1. The van der Waals surface area contributed by atoms with Crippen LogP contribution in [0.4, 0.5) is 5.69 Å². The molecule has 1 aromatic carbocycles. The molecule has 0 fully saturated rings. The number of ether oxygens (including phenoxy) is 1. The summed E-state index contributed by atoms with van der Waals surface area (Å²) in [5, 5.41) is 11.6. The maximum absolute atomic E-state index is 11.6. The number of hydrogen-bond donors (Lipinski definition) is 2. The summed E-state index contributed by atoms with van der Waals surface area (Å²) in [7, 11) is 0. The first-order valence-electron chi connectivity index (χ1n) is 6.33. The van der Waals surface area contributed by atoms with Gasteiger partial charge in [-0.25, -0.2) is 0 Å². The molecule has 0 aliphatic rings. The molecule has 0 aliphatic carbocycles. The SMILES string of the molecule is CCCOCCC(=O)Nc1ccc(CCO)cc1. The van der Waals surface area contributed by atoms with Crippen LogP contribution < -0.4 is 5.32 Å². The number of carbonyl (C=O) groups is 1. The van der Waals surface area contributed by atoms with E-state index in [4.69, 9.17) is 9.84 Å². The third kappa shape index (κ3) is 5.80. The Morgan fingerprint density at radius 3 is 2.61 bits per heavy atom. The first kappa shape index (κ1) is 14.7. The molecule has 18 heavy (non-hydrogen) atoms. The maximum Gasteiger partial charge on any atom is 0.226 e. The van der Waals surface area contributed by atoms with Crippen molar-refractivity contribution in [1.29, 1.82) is 0 Å². The summed E-state index contributed by atoms with van der Waals surface area (Å²) >= 11 is 0. The van der Waals surface area contributed by atoms with Crippen LogP contribution in [0.15, 0.2) is 24.3 Å². The number of hydrogen-bond acceptors (Lipinski definition) is 3. The summed E-state index contributed by atoms with van der Waals surface area (Å²) < 4.78 is 5.25. The van der Waals surface area contributed by atoms with E-state index in [2.05, 4.69) is 5.32 Å². The lowest BCUT2D eigenvalue weighted by Crippen LogP contribution is -2.14. The molecule has 0 spiro atoms. The number of aliphatic hydroxyl groups excluding tert-OH is 1. The van der Waals surface area contributed by atoms with Crippen LogP contribution in [0.3, 0.4) is 0 Å². The van der Waals surface area contributed by atoms with Gasteiger partial charge in [-0.3, -0.25) is 4.79 Å². The topological polar surface area (TPSA) is 58.6 Å². The van der Waals surface area contributed by atoms with E-state index >= 15 is 0 Å². The van der Waals surface area contributed by atoms with Gasteiger partial charge in [-0.1, -0.05) is 19.1 Å². The minimum atomic E-state index is -0.0407. The molecule has 0 radical (unpaired) electrons. The van der Waals surface area contributed by atoms with Crippen molar-refractivity contribution >= 4 is 11.6 Å². The molecular weight excluding hydrogens is 230 g/mol. The summed E-state index contributed by atoms with van der Waals surface area (Å²) in [5.74, 6) is -0.0407. The monoisotopic (exact) mass is 251 g/mol. The van der Waals surface area contributed by atoms with Crippen molar-refractivity contribution in [3.8, 4) is 0 Å². The highest BCUT2D eigenvalue weighted by Gasteiger charge is 2.02. The first-order chi connectivity index (χ1) is 8.76. The number of amides is 1. The minimum Gasteiger partial charge on any atom is -0.396 e. The largest absolute Gasteiger partial charge is 0.396 e. The van der Waals surface area contributed by atoms with Gasteiger partial charge in [0.05, 0.1) is 13.0 Å². The van der Waals surface area contributed by atoms with Crippen LogP contribution in [-0.4, -0.2) is 30.8 Å². The van der Waals surface area contributed by atoms with Crippen LogP contribution in [0.5, 0.6) is 0 Å². The van der Waals surface area contributed by atoms with E-state index in [0.717, 1.165) is 17.7 Å². The second-order valence-electron chi connectivity index (χ2n) is 4.08. The zero-order valence-electron chi connectivity index (χ0n) is 10.8. The number of carbonyl (C=O) groups excluding carboxylic acids is 1. The van der Waals surface area contributed by atoms with Crippen molar-refractivity contribution in [1.82, 2.24) is 0 Å². The molecule has 0 unspecified atom stereocenters. The Labute approximate surface area is 108 Å². The van der Waals surface area contributed by atoms with Gasteiger partial charge in [0.2, 0.25) is 5.91 Å². The number of rotatable bonds is 8. The van der Waals surface area contributed by atoms with E-state index in [0.29, 0.717) is 26.1 Å². The highest BCUT2D eigenvalue weighted by atomic mass is 16.5. The maximum atomic E-state index is 11.6. The molecule has 100 valence electrons. The van der Waals surface area contributed by atoms with Gasteiger partial charge in [0.15, 0.2) is 0 Å². The lowest BCUT2D eigenvalue weighted by Gasteiger charge is -2.06. The van der Waals surface area contributed by atoms with Crippen molar-refractivity contribution in [2.75, 3.05) is 25.1 Å². The third-order valence-corrected chi connectivity index (χ3v) is 2.46. The summed E-state index contributed by atoms with van der Waals surface area (Å²) in [5.41, 5.74) is 1.83. The van der Waals surface area contributed by atoms with Crippen LogP contribution in [0.25, 0.3) is 0 Å². The summed E-state index contributed by atoms with van der Waals surface area (Å²) in [6.07, 6.45) is 1.98. The molecule has 2 N–H and O–H groups in total. The fourth-order valence-electron chi connectivity index (χ4n) is 1.52. The van der Waals surface area contributed by atoms with Crippen LogP contribution in [0.1, 0.15) is 25.3 Å². The van der Waals surface area contributed by atoms with Crippen LogP contribution >= 0.6 is 0 Å². The zero-order chi connectivity index (χ0) is 13.2. The van der Waals surface area contributed by atoms with Crippen molar-refractivity contribution in [2.24, 2.45) is 0 Å². The molecule has 1 amide bonds. The number of anilines is 1. The van der Waals surface area contributed by atoms with Crippen LogP contribution in [-0.2, 0) is 16.0 Å². The molecule has 1 rings (SSSR count). The van der Waals surface area contributed by atoms with Gasteiger partial charge >= 0.3 is 0 Å². The Kier molecular flexibility index (Phi) is 7.06. The van der Waals surface area contributed by atoms with Gasteiger partial charge in [-0.15, -0.1) is 0 Å². The predicted octanol–water partition coefficient (Wildman–Crippen LogP) is 1.98. The van der Waals surface area contributed by atoms with Crippen LogP contribution in [0, 0.1) is 0 Å². The van der Waals surface area contributed by atoms with E-state index in [1.54, 1.807) is 0 Å². The average molecular weight is 251 g/mol. The lowest BCUT2D eigenvalue weighted by molar-refractivity contribution is -0.117. The van der Waals surface area contributed by atoms with Gasteiger partial charge in [0.1, 0.15) is 0 Å². The third-order valence-electron chi connectivity index (χ3n) is 2.46. The Hall–Kier alpha value is -1.39. The van der Waals surface area contributed by atoms with Gasteiger partial charge in [-0.05, 0) is 30.5 Å². The predicted molar refractivity (Wildman–Crippen MR) is 71.6 cm³/mol. The first-order valence-corrected chi connectivity index (χ1v) is 6.33. The average Bonchev–Trinajstić information content (AvgIpc) is 2.37. The van der Waals surface area contributed by atoms with Crippen molar-refractivity contribution in [3.63, 3.8) is 0 Å². The summed E-state index contributed by atoms with van der Waals surface area (Å²) in [6.45, 7) is 3.33. The van der Waals surface area contributed by atoms with Gasteiger partial charge in [0.25, 0.3) is 0 Å². The second-order valence-corrected chi connectivity index (χ2v) is 4.08. The van der Waals surface area contributed by atoms with Crippen molar-refractivity contribution in [3.05, 3.63) is 29.8 Å². The minimum absolute atomic E-state index is 0.0407. The lowest BCUT2D eigenvalue weighted by atomic mass is 10.1.